The van der Waals surface area contributed by atoms with Gasteiger partial charge in [-0.3, -0.25) is 4.79 Å². The number of carboxylic acid groups (broad SMARTS) is 1. The van der Waals surface area contributed by atoms with Crippen LogP contribution in [0, 0.1) is 0 Å². The highest BCUT2D eigenvalue weighted by molar-refractivity contribution is 5.81. The van der Waals surface area contributed by atoms with Gasteiger partial charge in [0.15, 0.2) is 6.10 Å². The maximum Gasteiger partial charge on any atom is 0.332 e. The second-order valence-corrected chi connectivity index (χ2v) is 3.40. The van der Waals surface area contributed by atoms with E-state index in [9.17, 15) is 9.59 Å². The minimum atomic E-state index is -1.08. The van der Waals surface area contributed by atoms with Crippen LogP contribution in [-0.2, 0) is 19.1 Å². The molecule has 0 aliphatic carbocycles. The fraction of sp³-hybridized carbons (Fsp3) is 0.800. The van der Waals surface area contributed by atoms with Crippen molar-refractivity contribution in [1.29, 1.82) is 0 Å². The summed E-state index contributed by atoms with van der Waals surface area (Å²) in [6.07, 6.45) is -1.04. The summed E-state index contributed by atoms with van der Waals surface area (Å²) >= 11 is 0. The van der Waals surface area contributed by atoms with E-state index >= 15 is 0 Å². The molecule has 0 aromatic heterocycles. The Hall–Kier alpha value is -1.14. The van der Waals surface area contributed by atoms with E-state index < -0.39 is 18.2 Å². The number of amides is 1. The van der Waals surface area contributed by atoms with Gasteiger partial charge in [0.1, 0.15) is 6.10 Å². The highest BCUT2D eigenvalue weighted by Gasteiger charge is 2.20. The molecule has 0 saturated carbocycles. The van der Waals surface area contributed by atoms with E-state index in [4.69, 9.17) is 14.6 Å². The Balaban J connectivity index is 3.77. The Morgan fingerprint density at radius 1 is 1.31 bits per heavy atom. The minimum absolute atomic E-state index is 0.316. The molecule has 2 atom stereocenters. The zero-order chi connectivity index (χ0) is 12.6. The van der Waals surface area contributed by atoms with Crippen LogP contribution in [0.2, 0.25) is 0 Å². The number of hydrogen-bond donors (Lipinski definition) is 2. The molecular weight excluding hydrogens is 214 g/mol. The molecule has 94 valence electrons. The number of rotatable bonds is 8. The van der Waals surface area contributed by atoms with Crippen molar-refractivity contribution in [3.63, 3.8) is 0 Å². The lowest BCUT2D eigenvalue weighted by molar-refractivity contribution is -0.155. The molecule has 0 aromatic carbocycles. The van der Waals surface area contributed by atoms with E-state index in [0.717, 1.165) is 0 Å². The summed E-state index contributed by atoms with van der Waals surface area (Å²) < 4.78 is 9.81. The standard InChI is InChI=1S/C10H19NO5/c1-7(16-8(2)10(13)14)9(12)11-5-4-6-15-3/h7-8H,4-6H2,1-3H3,(H,11,12)(H,13,14). The summed E-state index contributed by atoms with van der Waals surface area (Å²) in [7, 11) is 1.59. The molecular formula is C10H19NO5. The van der Waals surface area contributed by atoms with Crippen LogP contribution in [0.4, 0.5) is 0 Å². The van der Waals surface area contributed by atoms with E-state index in [1.807, 2.05) is 0 Å². The number of carbonyl (C=O) groups is 2. The summed E-state index contributed by atoms with van der Waals surface area (Å²) in [5.74, 6) is -1.40. The molecule has 0 bridgehead atoms. The van der Waals surface area contributed by atoms with Crippen LogP contribution in [-0.4, -0.2) is 49.5 Å². The van der Waals surface area contributed by atoms with Crippen LogP contribution in [0.5, 0.6) is 0 Å². The number of carboxylic acids is 1. The lowest BCUT2D eigenvalue weighted by Gasteiger charge is -2.15. The number of methoxy groups -OCH3 is 1. The van der Waals surface area contributed by atoms with Crippen molar-refractivity contribution in [1.82, 2.24) is 5.32 Å². The van der Waals surface area contributed by atoms with E-state index in [2.05, 4.69) is 5.32 Å². The van der Waals surface area contributed by atoms with Crippen molar-refractivity contribution in [3.05, 3.63) is 0 Å². The van der Waals surface area contributed by atoms with E-state index in [-0.39, 0.29) is 5.91 Å². The lowest BCUT2D eigenvalue weighted by Crippen LogP contribution is -2.38. The predicted molar refractivity (Wildman–Crippen MR) is 57.1 cm³/mol. The second kappa shape index (κ2) is 8.06. The van der Waals surface area contributed by atoms with Gasteiger partial charge in [-0.25, -0.2) is 4.79 Å². The lowest BCUT2D eigenvalue weighted by atomic mass is 10.3. The van der Waals surface area contributed by atoms with Gasteiger partial charge < -0.3 is 19.9 Å². The third-order valence-corrected chi connectivity index (χ3v) is 1.95. The van der Waals surface area contributed by atoms with Crippen LogP contribution >= 0.6 is 0 Å². The number of nitrogens with one attached hydrogen (secondary N) is 1. The van der Waals surface area contributed by atoms with Crippen molar-refractivity contribution in [2.24, 2.45) is 0 Å². The maximum atomic E-state index is 11.4. The molecule has 0 spiro atoms. The van der Waals surface area contributed by atoms with Crippen LogP contribution in [0.15, 0.2) is 0 Å². The molecule has 0 aromatic rings. The van der Waals surface area contributed by atoms with Crippen LogP contribution in [0.1, 0.15) is 20.3 Å². The fourth-order valence-electron chi connectivity index (χ4n) is 0.998. The number of carbonyl (C=O) groups excluding carboxylic acids is 1. The molecule has 6 heteroatoms. The second-order valence-electron chi connectivity index (χ2n) is 3.40. The zero-order valence-corrected chi connectivity index (χ0v) is 9.86. The molecule has 6 nitrogen and oxygen atoms in total. The van der Waals surface area contributed by atoms with Gasteiger partial charge in [0.2, 0.25) is 5.91 Å². The molecule has 0 aliphatic rings. The van der Waals surface area contributed by atoms with Gasteiger partial charge >= 0.3 is 5.97 Å². The quantitative estimate of drug-likeness (QED) is 0.577. The third-order valence-electron chi connectivity index (χ3n) is 1.95. The van der Waals surface area contributed by atoms with Crippen molar-refractivity contribution >= 4 is 11.9 Å². The molecule has 0 rings (SSSR count). The largest absolute Gasteiger partial charge is 0.479 e. The molecule has 0 radical (unpaired) electrons. The summed E-state index contributed by atoms with van der Waals surface area (Å²) in [6, 6.07) is 0. The van der Waals surface area contributed by atoms with Gasteiger partial charge in [0, 0.05) is 20.3 Å². The average Bonchev–Trinajstić information content (AvgIpc) is 2.23. The Kier molecular flexibility index (Phi) is 7.49. The van der Waals surface area contributed by atoms with Crippen LogP contribution in [0.3, 0.4) is 0 Å². The molecule has 16 heavy (non-hydrogen) atoms. The highest BCUT2D eigenvalue weighted by Crippen LogP contribution is 1.98. The van der Waals surface area contributed by atoms with Crippen LogP contribution < -0.4 is 5.32 Å². The summed E-state index contributed by atoms with van der Waals surface area (Å²) in [5.41, 5.74) is 0. The van der Waals surface area contributed by atoms with Gasteiger partial charge in [-0.1, -0.05) is 0 Å². The number of ether oxygens (including phenoxy) is 2. The normalized spacial score (nSPS) is 14.2. The number of hydrogen-bond acceptors (Lipinski definition) is 4. The first-order valence-electron chi connectivity index (χ1n) is 5.14. The van der Waals surface area contributed by atoms with Crippen molar-refractivity contribution in [2.45, 2.75) is 32.5 Å². The first-order chi connectivity index (χ1) is 7.49. The maximum absolute atomic E-state index is 11.4. The van der Waals surface area contributed by atoms with Gasteiger partial charge in [-0.05, 0) is 20.3 Å². The van der Waals surface area contributed by atoms with Crippen molar-refractivity contribution < 1.29 is 24.2 Å². The van der Waals surface area contributed by atoms with Crippen LogP contribution in [0.25, 0.3) is 0 Å². The molecule has 0 fully saturated rings. The molecule has 0 aliphatic heterocycles. The summed E-state index contributed by atoms with van der Waals surface area (Å²) in [5, 5.41) is 11.2. The fourth-order valence-corrected chi connectivity index (χ4v) is 0.998. The Morgan fingerprint density at radius 2 is 1.94 bits per heavy atom. The minimum Gasteiger partial charge on any atom is -0.479 e. The molecule has 2 N–H and O–H groups in total. The predicted octanol–water partition coefficient (Wildman–Crippen LogP) is 0.0173. The SMILES string of the molecule is COCCCNC(=O)C(C)OC(C)C(=O)O. The van der Waals surface area contributed by atoms with E-state index in [1.165, 1.54) is 13.8 Å². The Labute approximate surface area is 94.9 Å². The molecule has 2 unspecified atom stereocenters. The summed E-state index contributed by atoms with van der Waals surface area (Å²) in [4.78, 5) is 21.9. The van der Waals surface area contributed by atoms with E-state index in [0.29, 0.717) is 19.6 Å². The van der Waals surface area contributed by atoms with Gasteiger partial charge in [-0.15, -0.1) is 0 Å². The first kappa shape index (κ1) is 14.9. The smallest absolute Gasteiger partial charge is 0.332 e. The zero-order valence-electron chi connectivity index (χ0n) is 9.86. The Morgan fingerprint density at radius 3 is 2.44 bits per heavy atom. The van der Waals surface area contributed by atoms with Gasteiger partial charge in [0.05, 0.1) is 0 Å². The summed E-state index contributed by atoms with van der Waals surface area (Å²) in [6.45, 7) is 3.96. The van der Waals surface area contributed by atoms with Crippen molar-refractivity contribution in [2.75, 3.05) is 20.3 Å². The first-order valence-corrected chi connectivity index (χ1v) is 5.14. The molecule has 0 heterocycles. The van der Waals surface area contributed by atoms with Gasteiger partial charge in [-0.2, -0.15) is 0 Å². The highest BCUT2D eigenvalue weighted by atomic mass is 16.5. The topological polar surface area (TPSA) is 84.9 Å². The number of aliphatic carboxylic acids is 1. The average molecular weight is 233 g/mol. The monoisotopic (exact) mass is 233 g/mol. The third kappa shape index (κ3) is 6.36. The molecule has 0 saturated heterocycles. The van der Waals surface area contributed by atoms with E-state index in [1.54, 1.807) is 7.11 Å². The van der Waals surface area contributed by atoms with Crippen molar-refractivity contribution in [3.8, 4) is 0 Å². The van der Waals surface area contributed by atoms with Gasteiger partial charge in [0.25, 0.3) is 0 Å². The molecule has 1 amide bonds. The Bertz CT molecular complexity index is 231.